The van der Waals surface area contributed by atoms with Gasteiger partial charge < -0.3 is 15.4 Å². The van der Waals surface area contributed by atoms with Crippen LogP contribution in [0.25, 0.3) is 16.9 Å². The number of aromatic amines is 1. The highest BCUT2D eigenvalue weighted by Gasteiger charge is 2.26. The first kappa shape index (κ1) is 24.4. The minimum Gasteiger partial charge on any atom is -0.506 e. The number of nitrogens with one attached hydrogen (secondary N) is 2. The van der Waals surface area contributed by atoms with Crippen LogP contribution in [-0.4, -0.2) is 40.5 Å². The van der Waals surface area contributed by atoms with Gasteiger partial charge in [-0.1, -0.05) is 24.3 Å². The summed E-state index contributed by atoms with van der Waals surface area (Å²) in [6.45, 7) is 0. The van der Waals surface area contributed by atoms with Crippen molar-refractivity contribution < 1.29 is 9.90 Å². The minimum absolute atomic E-state index is 0.00977. The fourth-order valence-electron chi connectivity index (χ4n) is 3.61. The Morgan fingerprint density at radius 2 is 1.77 bits per heavy atom. The van der Waals surface area contributed by atoms with Crippen molar-refractivity contribution in [3.8, 4) is 23.8 Å². The number of para-hydroxylation sites is 3. The molecule has 0 spiro atoms. The van der Waals surface area contributed by atoms with Crippen molar-refractivity contribution in [2.75, 3.05) is 5.32 Å². The van der Waals surface area contributed by atoms with E-state index in [4.69, 9.17) is 0 Å². The van der Waals surface area contributed by atoms with Gasteiger partial charge in [0.15, 0.2) is 11.4 Å². The summed E-state index contributed by atoms with van der Waals surface area (Å²) in [5.74, 6) is -1.42. The number of fused-ring (bicyclic) bond motifs is 1. The van der Waals surface area contributed by atoms with Crippen molar-refractivity contribution in [2.45, 2.75) is 6.04 Å². The minimum atomic E-state index is -1.54. The molecule has 0 saturated heterocycles. The summed E-state index contributed by atoms with van der Waals surface area (Å²) in [6, 6.07) is 16.3. The lowest BCUT2D eigenvalue weighted by Crippen LogP contribution is -2.24. The number of benzene rings is 2. The third kappa shape index (κ3) is 4.76. The Morgan fingerprint density at radius 1 is 1.03 bits per heavy atom. The third-order valence-corrected chi connectivity index (χ3v) is 5.39. The van der Waals surface area contributed by atoms with Gasteiger partial charge in [-0.05, 0) is 30.3 Å². The molecule has 1 amide bonds. The molecular weight excluding hydrogens is 502 g/mol. The van der Waals surface area contributed by atoms with Crippen molar-refractivity contribution in [3.05, 3.63) is 94.6 Å². The number of anilines is 1. The molecule has 3 N–H and O–H groups in total. The van der Waals surface area contributed by atoms with Gasteiger partial charge in [-0.3, -0.25) is 9.59 Å². The molecule has 1 atom stereocenters. The lowest BCUT2D eigenvalue weighted by Gasteiger charge is -2.13. The first-order valence-corrected chi connectivity index (χ1v) is 11.2. The van der Waals surface area contributed by atoms with Crippen molar-refractivity contribution in [3.63, 3.8) is 0 Å². The summed E-state index contributed by atoms with van der Waals surface area (Å²) in [7, 11) is 0. The fraction of sp³-hybridized carbons (Fsp3) is 0.0400. The Bertz CT molecular complexity index is 1880. The van der Waals surface area contributed by atoms with E-state index in [9.17, 15) is 25.2 Å². The van der Waals surface area contributed by atoms with Crippen LogP contribution < -0.4 is 10.9 Å². The molecule has 0 fully saturated rings. The molecule has 0 aliphatic heterocycles. The molecule has 14 nitrogen and oxygen atoms in total. The van der Waals surface area contributed by atoms with E-state index in [0.717, 1.165) is 4.57 Å². The molecule has 2 aromatic carbocycles. The van der Waals surface area contributed by atoms with Crippen LogP contribution in [0.1, 0.15) is 23.3 Å². The average molecular weight is 517 g/mol. The number of aromatic nitrogens is 6. The maximum atomic E-state index is 13.4. The summed E-state index contributed by atoms with van der Waals surface area (Å²) >= 11 is 0. The Hall–Kier alpha value is -6.28. The SMILES string of the molecule is N#Cc1nc(N=NC(C(=O)Nc2ccccc2O)c2nc3ccccc3c(=O)[nH]2)n(-c2ncccn2)c1C#N. The van der Waals surface area contributed by atoms with Gasteiger partial charge in [0.2, 0.25) is 12.0 Å². The van der Waals surface area contributed by atoms with E-state index in [-0.39, 0.29) is 40.5 Å². The highest BCUT2D eigenvalue weighted by Crippen LogP contribution is 2.27. The molecule has 3 heterocycles. The highest BCUT2D eigenvalue weighted by atomic mass is 16.3. The zero-order valence-electron chi connectivity index (χ0n) is 19.7. The second-order valence-electron chi connectivity index (χ2n) is 7.81. The Balaban J connectivity index is 1.64. The maximum absolute atomic E-state index is 13.4. The second kappa shape index (κ2) is 10.4. The lowest BCUT2D eigenvalue weighted by atomic mass is 10.2. The fourth-order valence-corrected chi connectivity index (χ4v) is 3.61. The van der Waals surface area contributed by atoms with E-state index < -0.39 is 17.5 Å². The molecule has 0 aliphatic rings. The Morgan fingerprint density at radius 3 is 2.51 bits per heavy atom. The number of phenolic OH excluding ortho intramolecular Hbond substituents is 1. The summed E-state index contributed by atoms with van der Waals surface area (Å²) in [5, 5.41) is 40.2. The smallest absolute Gasteiger partial charge is 0.259 e. The molecule has 0 radical (unpaired) electrons. The van der Waals surface area contributed by atoms with Crippen molar-refractivity contribution >= 4 is 28.4 Å². The molecule has 3 aromatic heterocycles. The molecular formula is C25H15N11O3. The van der Waals surface area contributed by atoms with Crippen LogP contribution in [0.3, 0.4) is 0 Å². The van der Waals surface area contributed by atoms with Crippen LogP contribution in [-0.2, 0) is 4.79 Å². The summed E-state index contributed by atoms with van der Waals surface area (Å²) < 4.78 is 1.11. The predicted octanol–water partition coefficient (Wildman–Crippen LogP) is 2.81. The van der Waals surface area contributed by atoms with Crippen LogP contribution >= 0.6 is 0 Å². The molecule has 14 heteroatoms. The third-order valence-electron chi connectivity index (χ3n) is 5.39. The molecule has 188 valence electrons. The van der Waals surface area contributed by atoms with Gasteiger partial charge in [0, 0.05) is 12.4 Å². The molecule has 0 aliphatic carbocycles. The van der Waals surface area contributed by atoms with Crippen molar-refractivity contribution in [1.82, 2.24) is 29.5 Å². The average Bonchev–Trinajstić information content (AvgIpc) is 3.32. The highest BCUT2D eigenvalue weighted by molar-refractivity contribution is 5.96. The standard InChI is InChI=1S/C25H15N11O3/c26-12-17-18(13-27)36(24-28-10-5-11-29-24)25(32-17)35-34-20(23(39)31-16-8-3-4-9-19(16)37)21-30-15-7-2-1-6-14(15)22(38)33-21/h1-11,20,37H,(H,31,39)(H,30,33,38). The number of amides is 1. The second-order valence-corrected chi connectivity index (χ2v) is 7.81. The predicted molar refractivity (Wildman–Crippen MR) is 135 cm³/mol. The number of carbonyl (C=O) groups excluding carboxylic acids is 1. The number of rotatable bonds is 6. The molecule has 0 bridgehead atoms. The van der Waals surface area contributed by atoms with E-state index >= 15 is 0 Å². The summed E-state index contributed by atoms with van der Waals surface area (Å²) in [4.78, 5) is 45.2. The number of nitrogens with zero attached hydrogens (tertiary/aromatic N) is 9. The van der Waals surface area contributed by atoms with E-state index in [2.05, 4.69) is 40.5 Å². The molecule has 5 rings (SSSR count). The number of nitriles is 2. The van der Waals surface area contributed by atoms with Crippen molar-refractivity contribution in [1.29, 1.82) is 10.5 Å². The monoisotopic (exact) mass is 517 g/mol. The first-order valence-electron chi connectivity index (χ1n) is 11.2. The number of hydrogen-bond acceptors (Lipinski definition) is 11. The van der Waals surface area contributed by atoms with Crippen LogP contribution in [0.5, 0.6) is 5.75 Å². The molecule has 1 unspecified atom stereocenters. The van der Waals surface area contributed by atoms with Crippen molar-refractivity contribution in [2.24, 2.45) is 10.2 Å². The Labute approximate surface area is 218 Å². The topological polar surface area (TPSA) is 211 Å². The van der Waals surface area contributed by atoms with Gasteiger partial charge in [0.25, 0.3) is 17.4 Å². The largest absolute Gasteiger partial charge is 0.506 e. The van der Waals surface area contributed by atoms with E-state index in [1.165, 1.54) is 24.5 Å². The molecule has 39 heavy (non-hydrogen) atoms. The maximum Gasteiger partial charge on any atom is 0.259 e. The van der Waals surface area contributed by atoms with Gasteiger partial charge >= 0.3 is 0 Å². The number of carbonyl (C=O) groups is 1. The zero-order chi connectivity index (χ0) is 27.4. The lowest BCUT2D eigenvalue weighted by molar-refractivity contribution is -0.117. The summed E-state index contributed by atoms with van der Waals surface area (Å²) in [5.41, 5.74) is -0.562. The number of phenols is 1. The van der Waals surface area contributed by atoms with Gasteiger partial charge in [-0.25, -0.2) is 19.5 Å². The van der Waals surface area contributed by atoms with Crippen LogP contribution in [0.4, 0.5) is 11.6 Å². The number of aromatic hydroxyl groups is 1. The van der Waals surface area contributed by atoms with Crippen LogP contribution in [0, 0.1) is 22.7 Å². The molecule has 0 saturated carbocycles. The molecule has 5 aromatic rings. The van der Waals surface area contributed by atoms with Gasteiger partial charge in [-0.2, -0.15) is 20.6 Å². The number of azo groups is 1. The van der Waals surface area contributed by atoms with E-state index in [0.29, 0.717) is 10.9 Å². The zero-order valence-corrected chi connectivity index (χ0v) is 19.7. The van der Waals surface area contributed by atoms with E-state index in [1.54, 1.807) is 42.5 Å². The number of H-pyrrole nitrogens is 1. The van der Waals surface area contributed by atoms with Crippen LogP contribution in [0.2, 0.25) is 0 Å². The number of imidazole rings is 1. The van der Waals surface area contributed by atoms with Gasteiger partial charge in [0.05, 0.1) is 16.6 Å². The quantitative estimate of drug-likeness (QED) is 0.223. The van der Waals surface area contributed by atoms with Gasteiger partial charge in [-0.15, -0.1) is 5.11 Å². The van der Waals surface area contributed by atoms with E-state index in [1.807, 2.05) is 12.1 Å². The normalized spacial score (nSPS) is 11.6. The summed E-state index contributed by atoms with van der Waals surface area (Å²) in [6.07, 6.45) is 2.84. The Kier molecular flexibility index (Phi) is 6.49. The first-order chi connectivity index (χ1) is 19.0. The van der Waals surface area contributed by atoms with Crippen LogP contribution in [0.15, 0.2) is 82.0 Å². The van der Waals surface area contributed by atoms with Gasteiger partial charge in [0.1, 0.15) is 23.7 Å². The number of hydrogen-bond donors (Lipinski definition) is 3.